The van der Waals surface area contributed by atoms with Gasteiger partial charge in [0.15, 0.2) is 11.5 Å². The molecule has 1 aliphatic carbocycles. The van der Waals surface area contributed by atoms with Gasteiger partial charge in [-0.05, 0) is 54.8 Å². The molecule has 1 saturated carbocycles. The summed E-state index contributed by atoms with van der Waals surface area (Å²) in [5, 5.41) is 0. The van der Waals surface area contributed by atoms with Crippen LogP contribution in [0.1, 0.15) is 28.8 Å². The summed E-state index contributed by atoms with van der Waals surface area (Å²) in [5.74, 6) is -0.602. The van der Waals surface area contributed by atoms with Crippen molar-refractivity contribution in [3.63, 3.8) is 0 Å². The van der Waals surface area contributed by atoms with Crippen LogP contribution in [0.5, 0.6) is 11.5 Å². The van der Waals surface area contributed by atoms with E-state index in [9.17, 15) is 22.0 Å². The summed E-state index contributed by atoms with van der Waals surface area (Å²) in [7, 11) is -1.29. The Kier molecular flexibility index (Phi) is 6.57. The molecule has 0 bridgehead atoms. The summed E-state index contributed by atoms with van der Waals surface area (Å²) in [6.45, 7) is -2.96. The normalized spacial score (nSPS) is 14.1. The van der Waals surface area contributed by atoms with E-state index in [1.54, 1.807) is 0 Å². The molecule has 162 valence electrons. The molecule has 0 unspecified atom stereocenters. The summed E-state index contributed by atoms with van der Waals surface area (Å²) in [5.41, 5.74) is 0.809. The molecule has 0 amide bonds. The van der Waals surface area contributed by atoms with Crippen LogP contribution < -0.4 is 9.47 Å². The molecule has 7 nitrogen and oxygen atoms in total. The van der Waals surface area contributed by atoms with Gasteiger partial charge in [-0.3, -0.25) is 0 Å². The van der Waals surface area contributed by atoms with Crippen molar-refractivity contribution in [1.29, 1.82) is 0 Å². The van der Waals surface area contributed by atoms with Crippen LogP contribution in [0, 0.1) is 0 Å². The zero-order valence-electron chi connectivity index (χ0n) is 16.4. The van der Waals surface area contributed by atoms with Gasteiger partial charge in [-0.2, -0.15) is 13.1 Å². The van der Waals surface area contributed by atoms with Gasteiger partial charge in [0.25, 0.3) is 0 Å². The van der Waals surface area contributed by atoms with Crippen LogP contribution in [0.2, 0.25) is 0 Å². The number of carbonyl (C=O) groups is 1. The van der Waals surface area contributed by atoms with Gasteiger partial charge in [-0.25, -0.2) is 13.2 Å². The van der Waals surface area contributed by atoms with E-state index in [4.69, 9.17) is 4.74 Å². The number of halogens is 2. The van der Waals surface area contributed by atoms with Crippen LogP contribution in [0.3, 0.4) is 0 Å². The monoisotopic (exact) mass is 441 g/mol. The predicted molar refractivity (Wildman–Crippen MR) is 103 cm³/mol. The van der Waals surface area contributed by atoms with Crippen molar-refractivity contribution >= 4 is 16.0 Å². The molecule has 0 spiro atoms. The Balaban J connectivity index is 1.86. The zero-order valence-corrected chi connectivity index (χ0v) is 17.2. The van der Waals surface area contributed by atoms with Crippen molar-refractivity contribution in [1.82, 2.24) is 4.31 Å². The first-order valence-electron chi connectivity index (χ1n) is 9.08. The van der Waals surface area contributed by atoms with Gasteiger partial charge < -0.3 is 14.2 Å². The summed E-state index contributed by atoms with van der Waals surface area (Å²) in [4.78, 5) is 11.6. The molecule has 0 aliphatic heterocycles. The number of sulfonamides is 1. The second-order valence-electron chi connectivity index (χ2n) is 6.66. The SMILES string of the molecule is COC(=O)c1ccc(S(=O)(=O)N(Cc2ccc(OC(F)F)c(OC)c2)C2CC2)cc1. The molecular weight excluding hydrogens is 420 g/mol. The lowest BCUT2D eigenvalue weighted by molar-refractivity contribution is -0.0512. The number of methoxy groups -OCH3 is 2. The van der Waals surface area contributed by atoms with E-state index >= 15 is 0 Å². The lowest BCUT2D eigenvalue weighted by Crippen LogP contribution is -2.32. The third-order valence-electron chi connectivity index (χ3n) is 4.62. The maximum absolute atomic E-state index is 13.2. The van der Waals surface area contributed by atoms with Crippen LogP contribution in [0.15, 0.2) is 47.4 Å². The van der Waals surface area contributed by atoms with E-state index in [1.165, 1.54) is 61.0 Å². The van der Waals surface area contributed by atoms with Gasteiger partial charge >= 0.3 is 12.6 Å². The highest BCUT2D eigenvalue weighted by molar-refractivity contribution is 7.89. The number of hydrogen-bond acceptors (Lipinski definition) is 6. The first-order valence-corrected chi connectivity index (χ1v) is 10.5. The van der Waals surface area contributed by atoms with E-state index in [2.05, 4.69) is 9.47 Å². The highest BCUT2D eigenvalue weighted by Gasteiger charge is 2.38. The molecule has 0 N–H and O–H groups in total. The maximum atomic E-state index is 13.2. The van der Waals surface area contributed by atoms with Crippen LogP contribution >= 0.6 is 0 Å². The first kappa shape index (κ1) is 22.0. The molecule has 0 radical (unpaired) electrons. The minimum Gasteiger partial charge on any atom is -0.493 e. The lowest BCUT2D eigenvalue weighted by atomic mass is 10.2. The van der Waals surface area contributed by atoms with Crippen molar-refractivity contribution in [3.8, 4) is 11.5 Å². The summed E-state index contributed by atoms with van der Waals surface area (Å²) >= 11 is 0. The maximum Gasteiger partial charge on any atom is 0.387 e. The van der Waals surface area contributed by atoms with Gasteiger partial charge in [0.2, 0.25) is 10.0 Å². The van der Waals surface area contributed by atoms with Crippen molar-refractivity contribution < 1.29 is 36.2 Å². The van der Waals surface area contributed by atoms with Gasteiger partial charge in [-0.1, -0.05) is 6.07 Å². The van der Waals surface area contributed by atoms with E-state index in [0.717, 1.165) is 12.8 Å². The molecule has 0 aromatic heterocycles. The van der Waals surface area contributed by atoms with Gasteiger partial charge in [-0.15, -0.1) is 0 Å². The molecule has 3 rings (SSSR count). The quantitative estimate of drug-likeness (QED) is 0.555. The highest BCUT2D eigenvalue weighted by Crippen LogP contribution is 2.35. The third kappa shape index (κ3) is 4.88. The minimum absolute atomic E-state index is 0.0388. The first-order chi connectivity index (χ1) is 14.3. The summed E-state index contributed by atoms with van der Waals surface area (Å²) in [6, 6.07) is 9.66. The Bertz CT molecular complexity index is 1010. The molecule has 0 heterocycles. The Labute approximate surface area is 173 Å². The van der Waals surface area contributed by atoms with Crippen LogP contribution in [0.25, 0.3) is 0 Å². The molecule has 1 fully saturated rings. The molecule has 0 atom stereocenters. The van der Waals surface area contributed by atoms with Crippen LogP contribution in [-0.2, 0) is 21.3 Å². The average molecular weight is 441 g/mol. The number of benzene rings is 2. The molecular formula is C20H21F2NO6S. The lowest BCUT2D eigenvalue weighted by Gasteiger charge is -2.22. The molecule has 2 aromatic carbocycles. The highest BCUT2D eigenvalue weighted by atomic mass is 32.2. The Morgan fingerprint density at radius 1 is 1.10 bits per heavy atom. The smallest absolute Gasteiger partial charge is 0.387 e. The van der Waals surface area contributed by atoms with E-state index in [1.807, 2.05) is 0 Å². The Morgan fingerprint density at radius 3 is 2.30 bits per heavy atom. The van der Waals surface area contributed by atoms with E-state index in [0.29, 0.717) is 5.56 Å². The van der Waals surface area contributed by atoms with Gasteiger partial charge in [0.05, 0.1) is 24.7 Å². The number of carbonyl (C=O) groups excluding carboxylic acids is 1. The fraction of sp³-hybridized carbons (Fsp3) is 0.350. The predicted octanol–water partition coefficient (Wildman–Crippen LogP) is 3.44. The number of hydrogen-bond donors (Lipinski definition) is 0. The standard InChI is InChI=1S/C20H21F2NO6S/c1-27-18-11-13(3-10-17(18)29-20(21)22)12-23(15-6-7-15)30(25,26)16-8-4-14(5-9-16)19(24)28-2/h3-5,8-11,15,20H,6-7,12H2,1-2H3. The average Bonchev–Trinajstić information content (AvgIpc) is 3.56. The van der Waals surface area contributed by atoms with E-state index < -0.39 is 22.6 Å². The second-order valence-corrected chi connectivity index (χ2v) is 8.55. The Morgan fingerprint density at radius 2 is 1.77 bits per heavy atom. The second kappa shape index (κ2) is 8.97. The van der Waals surface area contributed by atoms with Crippen molar-refractivity contribution in [2.75, 3.05) is 14.2 Å². The van der Waals surface area contributed by atoms with Crippen LogP contribution in [-0.4, -0.2) is 45.6 Å². The fourth-order valence-electron chi connectivity index (χ4n) is 2.97. The van der Waals surface area contributed by atoms with Crippen molar-refractivity contribution in [2.45, 2.75) is 36.9 Å². The van der Waals surface area contributed by atoms with E-state index in [-0.39, 0.29) is 34.5 Å². The molecule has 0 saturated heterocycles. The Hall–Kier alpha value is -2.72. The summed E-state index contributed by atoms with van der Waals surface area (Å²) < 4.78 is 66.9. The number of alkyl halides is 2. The number of nitrogens with zero attached hydrogens (tertiary/aromatic N) is 1. The summed E-state index contributed by atoms with van der Waals surface area (Å²) in [6.07, 6.45) is 1.45. The molecule has 30 heavy (non-hydrogen) atoms. The van der Waals surface area contributed by atoms with Crippen molar-refractivity contribution in [3.05, 3.63) is 53.6 Å². The van der Waals surface area contributed by atoms with Crippen LogP contribution in [0.4, 0.5) is 8.78 Å². The van der Waals surface area contributed by atoms with Gasteiger partial charge in [0, 0.05) is 12.6 Å². The van der Waals surface area contributed by atoms with Crippen molar-refractivity contribution in [2.24, 2.45) is 0 Å². The fourth-order valence-corrected chi connectivity index (χ4v) is 4.65. The molecule has 10 heteroatoms. The molecule has 2 aromatic rings. The largest absolute Gasteiger partial charge is 0.493 e. The number of rotatable bonds is 9. The van der Waals surface area contributed by atoms with Gasteiger partial charge in [0.1, 0.15) is 0 Å². The minimum atomic E-state index is -3.84. The zero-order chi connectivity index (χ0) is 21.9. The topological polar surface area (TPSA) is 82.1 Å². The third-order valence-corrected chi connectivity index (χ3v) is 6.53. The molecule has 1 aliphatic rings. The number of ether oxygens (including phenoxy) is 3. The number of esters is 1.